The number of nitrogens with zero attached hydrogens (tertiary/aromatic N) is 2. The minimum absolute atomic E-state index is 0.0854. The summed E-state index contributed by atoms with van der Waals surface area (Å²) < 4.78 is 6.93. The second kappa shape index (κ2) is 5.69. The third-order valence-corrected chi connectivity index (χ3v) is 3.60. The number of ether oxygens (including phenoxy) is 1. The molecule has 1 N–H and O–H groups in total. The molecule has 2 rings (SSSR count). The maximum absolute atomic E-state index is 11.9. The predicted molar refractivity (Wildman–Crippen MR) is 69.8 cm³/mol. The number of thioether (sulfide) groups is 1. The molecule has 0 saturated carbocycles. The van der Waals surface area contributed by atoms with E-state index < -0.39 is 6.23 Å². The van der Waals surface area contributed by atoms with Gasteiger partial charge in [0.25, 0.3) is 0 Å². The van der Waals surface area contributed by atoms with E-state index >= 15 is 0 Å². The van der Waals surface area contributed by atoms with Gasteiger partial charge in [0.05, 0.1) is 6.61 Å². The molecule has 0 saturated heterocycles. The van der Waals surface area contributed by atoms with Crippen molar-refractivity contribution in [2.45, 2.75) is 31.2 Å². The Morgan fingerprint density at radius 1 is 1.56 bits per heavy atom. The summed E-state index contributed by atoms with van der Waals surface area (Å²) in [6, 6.07) is 0. The van der Waals surface area contributed by atoms with Crippen LogP contribution < -0.4 is 5.69 Å². The monoisotopic (exact) mass is 268 g/mol. The largest absolute Gasteiger partial charge is 0.393 e. The molecule has 0 spiro atoms. The zero-order valence-electron chi connectivity index (χ0n) is 10.4. The molecule has 1 aromatic heterocycles. The molecule has 0 radical (unpaired) electrons. The Balaban J connectivity index is 2.28. The van der Waals surface area contributed by atoms with Gasteiger partial charge in [-0.25, -0.2) is 4.79 Å². The van der Waals surface area contributed by atoms with E-state index in [1.165, 1.54) is 4.57 Å². The van der Waals surface area contributed by atoms with Crippen LogP contribution in [0.3, 0.4) is 0 Å². The molecule has 0 fully saturated rings. The molecule has 0 unspecified atom stereocenters. The van der Waals surface area contributed by atoms with E-state index in [2.05, 4.69) is 4.98 Å². The molecule has 0 aromatic carbocycles. The highest BCUT2D eigenvalue weighted by Gasteiger charge is 2.21. The first-order valence-corrected chi connectivity index (χ1v) is 6.81. The first-order chi connectivity index (χ1) is 8.65. The van der Waals surface area contributed by atoms with E-state index in [1.807, 2.05) is 13.8 Å². The summed E-state index contributed by atoms with van der Waals surface area (Å²) in [5.74, 6) is 0.879. The number of aliphatic hydroxyl groups excluding tert-OH is 1. The second-order valence-corrected chi connectivity index (χ2v) is 5.24. The van der Waals surface area contributed by atoms with Crippen LogP contribution in [0.25, 0.3) is 0 Å². The lowest BCUT2D eigenvalue weighted by Crippen LogP contribution is -2.28. The van der Waals surface area contributed by atoms with Crippen LogP contribution in [0.5, 0.6) is 0 Å². The molecule has 0 aliphatic carbocycles. The van der Waals surface area contributed by atoms with Crippen LogP contribution in [0.1, 0.15) is 18.7 Å². The van der Waals surface area contributed by atoms with Crippen LogP contribution in [0, 0.1) is 6.92 Å². The Morgan fingerprint density at radius 2 is 2.33 bits per heavy atom. The quantitative estimate of drug-likeness (QED) is 0.503. The SMILES string of the molecule is CCSc1nc(=O)n([C@H]2C=C[C@@H](CO)O2)cc1C. The molecular formula is C12H16N2O3S. The van der Waals surface area contributed by atoms with Gasteiger partial charge in [-0.2, -0.15) is 4.98 Å². The molecule has 1 aromatic rings. The van der Waals surface area contributed by atoms with Crippen LogP contribution in [-0.2, 0) is 4.74 Å². The number of rotatable bonds is 4. The first-order valence-electron chi connectivity index (χ1n) is 5.83. The highest BCUT2D eigenvalue weighted by atomic mass is 32.2. The fraction of sp³-hybridized carbons (Fsp3) is 0.500. The minimum atomic E-state index is -0.471. The van der Waals surface area contributed by atoms with Gasteiger partial charge in [-0.15, -0.1) is 11.8 Å². The summed E-state index contributed by atoms with van der Waals surface area (Å²) in [6.07, 6.45) is 4.45. The summed E-state index contributed by atoms with van der Waals surface area (Å²) in [6.45, 7) is 3.85. The zero-order valence-corrected chi connectivity index (χ0v) is 11.2. The van der Waals surface area contributed by atoms with Crippen molar-refractivity contribution in [2.75, 3.05) is 12.4 Å². The zero-order chi connectivity index (χ0) is 13.1. The smallest absolute Gasteiger partial charge is 0.351 e. The number of hydrogen-bond donors (Lipinski definition) is 1. The van der Waals surface area contributed by atoms with Crippen molar-refractivity contribution < 1.29 is 9.84 Å². The van der Waals surface area contributed by atoms with Crippen molar-refractivity contribution in [3.05, 3.63) is 34.4 Å². The van der Waals surface area contributed by atoms with E-state index in [1.54, 1.807) is 30.1 Å². The van der Waals surface area contributed by atoms with Gasteiger partial charge in [0.15, 0.2) is 6.23 Å². The number of aromatic nitrogens is 2. The Hall–Kier alpha value is -1.11. The lowest BCUT2D eigenvalue weighted by molar-refractivity contribution is -0.0105. The molecule has 0 bridgehead atoms. The van der Waals surface area contributed by atoms with Crippen molar-refractivity contribution in [2.24, 2.45) is 0 Å². The van der Waals surface area contributed by atoms with Gasteiger partial charge in [-0.1, -0.05) is 13.0 Å². The summed E-state index contributed by atoms with van der Waals surface area (Å²) in [7, 11) is 0. The van der Waals surface area contributed by atoms with Gasteiger partial charge in [0.1, 0.15) is 11.1 Å². The molecule has 2 heterocycles. The Bertz CT molecular complexity index is 513. The first kappa shape index (κ1) is 13.3. The second-order valence-electron chi connectivity index (χ2n) is 3.98. The van der Waals surface area contributed by atoms with Gasteiger partial charge >= 0.3 is 5.69 Å². The van der Waals surface area contributed by atoms with Crippen LogP contribution in [0.2, 0.25) is 0 Å². The van der Waals surface area contributed by atoms with E-state index in [4.69, 9.17) is 9.84 Å². The summed E-state index contributed by atoms with van der Waals surface area (Å²) in [4.78, 5) is 16.0. The average Bonchev–Trinajstić information content (AvgIpc) is 2.82. The van der Waals surface area contributed by atoms with Crippen LogP contribution in [0.4, 0.5) is 0 Å². The van der Waals surface area contributed by atoms with Gasteiger partial charge in [-0.3, -0.25) is 4.57 Å². The molecule has 1 aliphatic rings. The summed E-state index contributed by atoms with van der Waals surface area (Å²) >= 11 is 1.55. The predicted octanol–water partition coefficient (Wildman–Crippen LogP) is 1.11. The maximum Gasteiger partial charge on any atom is 0.351 e. The highest BCUT2D eigenvalue weighted by molar-refractivity contribution is 7.99. The Labute approximate surface area is 109 Å². The standard InChI is InChI=1S/C12H16N2O3S/c1-3-18-11-8(2)6-14(12(16)13-11)10-5-4-9(7-15)17-10/h4-6,9-10,15H,3,7H2,1-2H3/t9-,10+/m0/s1. The number of aliphatic hydroxyl groups is 1. The van der Waals surface area contributed by atoms with Crippen LogP contribution >= 0.6 is 11.8 Å². The minimum Gasteiger partial charge on any atom is -0.393 e. The molecule has 2 atom stereocenters. The van der Waals surface area contributed by atoms with E-state index in [0.29, 0.717) is 0 Å². The van der Waals surface area contributed by atoms with Crippen molar-refractivity contribution in [1.29, 1.82) is 0 Å². The molecule has 1 aliphatic heterocycles. The molecular weight excluding hydrogens is 252 g/mol. The van der Waals surface area contributed by atoms with Crippen molar-refractivity contribution >= 4 is 11.8 Å². The molecule has 0 amide bonds. The van der Waals surface area contributed by atoms with Gasteiger partial charge < -0.3 is 9.84 Å². The normalized spacial score (nSPS) is 22.6. The topological polar surface area (TPSA) is 64.4 Å². The molecule has 5 nitrogen and oxygen atoms in total. The molecule has 6 heteroatoms. The van der Waals surface area contributed by atoms with Gasteiger partial charge in [0, 0.05) is 6.20 Å². The van der Waals surface area contributed by atoms with Crippen LogP contribution in [0.15, 0.2) is 28.2 Å². The fourth-order valence-corrected chi connectivity index (χ4v) is 2.46. The third-order valence-electron chi connectivity index (χ3n) is 2.63. The van der Waals surface area contributed by atoms with Gasteiger partial charge in [-0.05, 0) is 24.3 Å². The summed E-state index contributed by atoms with van der Waals surface area (Å²) in [5.41, 5.74) is 0.621. The van der Waals surface area contributed by atoms with Crippen molar-refractivity contribution in [1.82, 2.24) is 9.55 Å². The average molecular weight is 268 g/mol. The Kier molecular flexibility index (Phi) is 4.21. The Morgan fingerprint density at radius 3 is 2.94 bits per heavy atom. The maximum atomic E-state index is 11.9. The van der Waals surface area contributed by atoms with Crippen molar-refractivity contribution in [3.63, 3.8) is 0 Å². The molecule has 98 valence electrons. The third kappa shape index (κ3) is 2.66. The van der Waals surface area contributed by atoms with Crippen molar-refractivity contribution in [3.8, 4) is 0 Å². The summed E-state index contributed by atoms with van der Waals surface area (Å²) in [5, 5.41) is 9.75. The fourth-order valence-electron chi connectivity index (χ4n) is 1.77. The van der Waals surface area contributed by atoms with E-state index in [9.17, 15) is 4.79 Å². The number of aryl methyl sites for hydroxylation is 1. The lowest BCUT2D eigenvalue weighted by atomic mass is 10.3. The van der Waals surface area contributed by atoms with E-state index in [0.717, 1.165) is 16.3 Å². The van der Waals surface area contributed by atoms with E-state index in [-0.39, 0.29) is 18.4 Å². The van der Waals surface area contributed by atoms with Gasteiger partial charge in [0.2, 0.25) is 0 Å². The molecule has 18 heavy (non-hydrogen) atoms. The lowest BCUT2D eigenvalue weighted by Gasteiger charge is -2.16. The van der Waals surface area contributed by atoms with Crippen LogP contribution in [-0.4, -0.2) is 33.1 Å². The highest BCUT2D eigenvalue weighted by Crippen LogP contribution is 2.22. The number of hydrogen-bond acceptors (Lipinski definition) is 5.